The highest BCUT2D eigenvalue weighted by Crippen LogP contribution is 2.16. The molecule has 5 nitrogen and oxygen atoms in total. The lowest BCUT2D eigenvalue weighted by molar-refractivity contribution is -0.116. The molecular weight excluding hydrogens is 242 g/mol. The van der Waals surface area contributed by atoms with Crippen LogP contribution in [-0.4, -0.2) is 11.1 Å². The van der Waals surface area contributed by atoms with E-state index in [0.717, 1.165) is 11.3 Å². The Kier molecular flexibility index (Phi) is 4.30. The number of aromatic nitrogens is 1. The molecule has 0 aliphatic carbocycles. The number of hydrogen-bond donors (Lipinski definition) is 2. The standard InChI is InChI=1S/C14H17N3O2/c1-10-9-14(19-17-10)16-13(18)8-7-12(15)11-5-3-2-4-6-11/h2-6,9,12H,7-8,15H2,1H3,(H,16,18). The van der Waals surface area contributed by atoms with Crippen LogP contribution in [0.4, 0.5) is 5.88 Å². The zero-order valence-corrected chi connectivity index (χ0v) is 10.8. The summed E-state index contributed by atoms with van der Waals surface area (Å²) in [6, 6.07) is 11.3. The number of hydrogen-bond acceptors (Lipinski definition) is 4. The molecule has 2 rings (SSSR count). The van der Waals surface area contributed by atoms with Gasteiger partial charge in [0, 0.05) is 18.5 Å². The number of benzene rings is 1. The normalized spacial score (nSPS) is 12.1. The van der Waals surface area contributed by atoms with Gasteiger partial charge in [0.05, 0.1) is 5.69 Å². The van der Waals surface area contributed by atoms with Crippen molar-refractivity contribution in [2.24, 2.45) is 5.73 Å². The number of nitrogens with zero attached hydrogens (tertiary/aromatic N) is 1. The lowest BCUT2D eigenvalue weighted by atomic mass is 10.0. The fraction of sp³-hybridized carbons (Fsp3) is 0.286. The third kappa shape index (κ3) is 3.93. The second-order valence-electron chi connectivity index (χ2n) is 4.44. The van der Waals surface area contributed by atoms with Gasteiger partial charge in [-0.25, -0.2) is 0 Å². The largest absolute Gasteiger partial charge is 0.338 e. The minimum absolute atomic E-state index is 0.123. The van der Waals surface area contributed by atoms with Crippen LogP contribution in [-0.2, 0) is 4.79 Å². The second kappa shape index (κ2) is 6.15. The van der Waals surface area contributed by atoms with Crippen LogP contribution in [0.1, 0.15) is 30.1 Å². The zero-order chi connectivity index (χ0) is 13.7. The van der Waals surface area contributed by atoms with E-state index < -0.39 is 0 Å². The van der Waals surface area contributed by atoms with Gasteiger partial charge in [0.15, 0.2) is 0 Å². The van der Waals surface area contributed by atoms with E-state index in [4.69, 9.17) is 10.3 Å². The summed E-state index contributed by atoms with van der Waals surface area (Å²) in [6.07, 6.45) is 0.929. The van der Waals surface area contributed by atoms with E-state index in [-0.39, 0.29) is 11.9 Å². The molecular formula is C14H17N3O2. The quantitative estimate of drug-likeness (QED) is 0.863. The maximum absolute atomic E-state index is 11.7. The fourth-order valence-corrected chi connectivity index (χ4v) is 1.78. The van der Waals surface area contributed by atoms with Gasteiger partial charge in [0.1, 0.15) is 0 Å². The summed E-state index contributed by atoms with van der Waals surface area (Å²) >= 11 is 0. The van der Waals surface area contributed by atoms with E-state index in [1.165, 1.54) is 0 Å². The molecule has 0 aliphatic heterocycles. The lowest BCUT2D eigenvalue weighted by Crippen LogP contribution is -2.16. The SMILES string of the molecule is Cc1cc(NC(=O)CCC(N)c2ccccc2)on1. The molecule has 19 heavy (non-hydrogen) atoms. The molecule has 5 heteroatoms. The van der Waals surface area contributed by atoms with Gasteiger partial charge < -0.3 is 10.3 Å². The van der Waals surface area contributed by atoms with Crippen molar-refractivity contribution in [3.8, 4) is 0 Å². The molecule has 0 spiro atoms. The van der Waals surface area contributed by atoms with E-state index in [1.54, 1.807) is 13.0 Å². The Hall–Kier alpha value is -2.14. The van der Waals surface area contributed by atoms with Crippen LogP contribution >= 0.6 is 0 Å². The Bertz CT molecular complexity index is 537. The molecule has 1 heterocycles. The molecule has 0 aliphatic rings. The molecule has 1 amide bonds. The van der Waals surface area contributed by atoms with Crippen molar-refractivity contribution in [2.45, 2.75) is 25.8 Å². The number of carbonyl (C=O) groups excluding carboxylic acids is 1. The van der Waals surface area contributed by atoms with E-state index in [1.807, 2.05) is 30.3 Å². The summed E-state index contributed by atoms with van der Waals surface area (Å²) < 4.78 is 4.91. The van der Waals surface area contributed by atoms with Crippen LogP contribution in [0, 0.1) is 6.92 Å². The Morgan fingerprint density at radius 2 is 2.16 bits per heavy atom. The number of carbonyl (C=O) groups is 1. The number of nitrogens with one attached hydrogen (secondary N) is 1. The van der Waals surface area contributed by atoms with Gasteiger partial charge in [-0.3, -0.25) is 10.1 Å². The number of rotatable bonds is 5. The summed E-state index contributed by atoms with van der Waals surface area (Å²) in [5.74, 6) is 0.248. The summed E-state index contributed by atoms with van der Waals surface area (Å²) in [5, 5.41) is 6.34. The average Bonchev–Trinajstić information content (AvgIpc) is 2.82. The van der Waals surface area contributed by atoms with Gasteiger partial charge in [0.25, 0.3) is 0 Å². The summed E-state index contributed by atoms with van der Waals surface area (Å²) in [6.45, 7) is 1.80. The predicted octanol–water partition coefficient (Wildman–Crippen LogP) is 2.40. The molecule has 2 aromatic rings. The molecule has 0 radical (unpaired) electrons. The maximum atomic E-state index is 11.7. The number of amides is 1. The predicted molar refractivity (Wildman–Crippen MR) is 72.5 cm³/mol. The highest BCUT2D eigenvalue weighted by Gasteiger charge is 2.10. The van der Waals surface area contributed by atoms with Gasteiger partial charge in [0.2, 0.25) is 11.8 Å². The molecule has 1 unspecified atom stereocenters. The average molecular weight is 259 g/mol. The Balaban J connectivity index is 1.80. The molecule has 0 fully saturated rings. The highest BCUT2D eigenvalue weighted by atomic mass is 16.5. The first-order valence-corrected chi connectivity index (χ1v) is 6.19. The first kappa shape index (κ1) is 13.3. The molecule has 100 valence electrons. The molecule has 1 atom stereocenters. The van der Waals surface area contributed by atoms with Crippen molar-refractivity contribution < 1.29 is 9.32 Å². The number of aryl methyl sites for hydroxylation is 1. The fourth-order valence-electron chi connectivity index (χ4n) is 1.78. The second-order valence-corrected chi connectivity index (χ2v) is 4.44. The minimum Gasteiger partial charge on any atom is -0.338 e. The summed E-state index contributed by atoms with van der Waals surface area (Å²) in [7, 11) is 0. The lowest BCUT2D eigenvalue weighted by Gasteiger charge is -2.11. The van der Waals surface area contributed by atoms with E-state index >= 15 is 0 Å². The van der Waals surface area contributed by atoms with Gasteiger partial charge in [-0.15, -0.1) is 0 Å². The van der Waals surface area contributed by atoms with Crippen molar-refractivity contribution in [2.75, 3.05) is 5.32 Å². The smallest absolute Gasteiger partial charge is 0.231 e. The van der Waals surface area contributed by atoms with Crippen molar-refractivity contribution in [3.63, 3.8) is 0 Å². The molecule has 0 bridgehead atoms. The minimum atomic E-state index is -0.136. The van der Waals surface area contributed by atoms with Crippen molar-refractivity contribution in [3.05, 3.63) is 47.7 Å². The first-order valence-electron chi connectivity index (χ1n) is 6.19. The molecule has 3 N–H and O–H groups in total. The number of anilines is 1. The molecule has 1 aromatic heterocycles. The van der Waals surface area contributed by atoms with Gasteiger partial charge in [-0.2, -0.15) is 0 Å². The monoisotopic (exact) mass is 259 g/mol. The maximum Gasteiger partial charge on any atom is 0.231 e. The van der Waals surface area contributed by atoms with Crippen LogP contribution in [0.3, 0.4) is 0 Å². The molecule has 0 saturated carbocycles. The van der Waals surface area contributed by atoms with Crippen molar-refractivity contribution in [1.29, 1.82) is 0 Å². The molecule has 0 saturated heterocycles. The number of nitrogens with two attached hydrogens (primary N) is 1. The van der Waals surface area contributed by atoms with Gasteiger partial charge in [-0.05, 0) is 18.9 Å². The van der Waals surface area contributed by atoms with Crippen molar-refractivity contribution >= 4 is 11.8 Å². The molecule has 1 aromatic carbocycles. The van der Waals surface area contributed by atoms with Crippen LogP contribution < -0.4 is 11.1 Å². The Morgan fingerprint density at radius 3 is 2.79 bits per heavy atom. The van der Waals surface area contributed by atoms with Crippen LogP contribution in [0.25, 0.3) is 0 Å². The Morgan fingerprint density at radius 1 is 1.42 bits per heavy atom. The van der Waals surface area contributed by atoms with Crippen LogP contribution in [0.15, 0.2) is 40.9 Å². The van der Waals surface area contributed by atoms with E-state index in [2.05, 4.69) is 10.5 Å². The van der Waals surface area contributed by atoms with Crippen molar-refractivity contribution in [1.82, 2.24) is 5.16 Å². The van der Waals surface area contributed by atoms with Gasteiger partial charge >= 0.3 is 0 Å². The van der Waals surface area contributed by atoms with Crippen LogP contribution in [0.2, 0.25) is 0 Å². The van der Waals surface area contributed by atoms with Crippen LogP contribution in [0.5, 0.6) is 0 Å². The Labute approximate surface area is 111 Å². The highest BCUT2D eigenvalue weighted by molar-refractivity contribution is 5.89. The third-order valence-corrected chi connectivity index (χ3v) is 2.80. The third-order valence-electron chi connectivity index (χ3n) is 2.80. The summed E-state index contributed by atoms with van der Waals surface area (Å²) in [5.41, 5.74) is 7.79. The topological polar surface area (TPSA) is 81.2 Å². The summed E-state index contributed by atoms with van der Waals surface area (Å²) in [4.78, 5) is 11.7. The van der Waals surface area contributed by atoms with Gasteiger partial charge in [-0.1, -0.05) is 35.5 Å². The van der Waals surface area contributed by atoms with E-state index in [9.17, 15) is 4.79 Å². The first-order chi connectivity index (χ1) is 9.15. The zero-order valence-electron chi connectivity index (χ0n) is 10.8. The van der Waals surface area contributed by atoms with E-state index in [0.29, 0.717) is 18.7 Å².